The lowest BCUT2D eigenvalue weighted by atomic mass is 10.1. The molecule has 0 saturated carbocycles. The Kier molecular flexibility index (Phi) is 6.17. The summed E-state index contributed by atoms with van der Waals surface area (Å²) in [5, 5.41) is 9.99. The van der Waals surface area contributed by atoms with Crippen molar-refractivity contribution in [1.29, 1.82) is 0 Å². The van der Waals surface area contributed by atoms with Gasteiger partial charge in [-0.25, -0.2) is 4.79 Å². The fraction of sp³-hybridized carbons (Fsp3) is 0.300. The molecule has 1 amide bonds. The van der Waals surface area contributed by atoms with E-state index in [9.17, 15) is 14.7 Å². The highest BCUT2D eigenvalue weighted by molar-refractivity contribution is 5.95. The first-order chi connectivity index (χ1) is 12.0. The van der Waals surface area contributed by atoms with Crippen LogP contribution in [0.25, 0.3) is 0 Å². The van der Waals surface area contributed by atoms with Crippen molar-refractivity contribution in [2.75, 3.05) is 13.1 Å². The number of carbonyl (C=O) groups excluding carboxylic acids is 2. The van der Waals surface area contributed by atoms with Crippen LogP contribution < -0.4 is 0 Å². The van der Waals surface area contributed by atoms with Crippen LogP contribution in [0.3, 0.4) is 0 Å². The van der Waals surface area contributed by atoms with Crippen LogP contribution >= 0.6 is 0 Å². The molecule has 0 heterocycles. The van der Waals surface area contributed by atoms with Crippen molar-refractivity contribution in [3.8, 4) is 5.75 Å². The number of aromatic hydroxyl groups is 1. The maximum absolute atomic E-state index is 12.8. The highest BCUT2D eigenvalue weighted by atomic mass is 16.5. The number of aryl methyl sites for hydroxylation is 1. The molecule has 0 aliphatic heterocycles. The van der Waals surface area contributed by atoms with Crippen molar-refractivity contribution in [3.05, 3.63) is 65.2 Å². The van der Waals surface area contributed by atoms with E-state index in [-0.39, 0.29) is 17.2 Å². The van der Waals surface area contributed by atoms with E-state index in [0.717, 1.165) is 5.56 Å². The summed E-state index contributed by atoms with van der Waals surface area (Å²) >= 11 is 0. The first kappa shape index (κ1) is 18.5. The molecular weight excluding hydrogens is 318 g/mol. The van der Waals surface area contributed by atoms with Gasteiger partial charge in [-0.1, -0.05) is 36.4 Å². The summed E-state index contributed by atoms with van der Waals surface area (Å²) in [5.74, 6) is -1.17. The van der Waals surface area contributed by atoms with Gasteiger partial charge in [-0.15, -0.1) is 0 Å². The summed E-state index contributed by atoms with van der Waals surface area (Å²) in [6.45, 7) is 6.59. The molecule has 0 saturated heterocycles. The van der Waals surface area contributed by atoms with Gasteiger partial charge in [0.25, 0.3) is 5.91 Å². The molecule has 5 nitrogen and oxygen atoms in total. The molecule has 1 N–H and O–H groups in total. The molecule has 0 fully saturated rings. The van der Waals surface area contributed by atoms with E-state index < -0.39 is 12.1 Å². The quantitative estimate of drug-likeness (QED) is 0.817. The van der Waals surface area contributed by atoms with Gasteiger partial charge < -0.3 is 14.7 Å². The van der Waals surface area contributed by atoms with E-state index in [1.54, 1.807) is 35.2 Å². The van der Waals surface area contributed by atoms with Crippen LogP contribution in [-0.2, 0) is 9.53 Å². The van der Waals surface area contributed by atoms with Crippen molar-refractivity contribution in [3.63, 3.8) is 0 Å². The minimum atomic E-state index is -1.05. The summed E-state index contributed by atoms with van der Waals surface area (Å²) in [4.78, 5) is 26.9. The lowest BCUT2D eigenvalue weighted by Crippen LogP contribution is -2.36. The number of ether oxygens (including phenoxy) is 1. The lowest BCUT2D eigenvalue weighted by Gasteiger charge is -2.25. The maximum Gasteiger partial charge on any atom is 0.343 e. The Morgan fingerprint density at radius 3 is 2.28 bits per heavy atom. The van der Waals surface area contributed by atoms with Crippen LogP contribution in [0.15, 0.2) is 48.5 Å². The van der Waals surface area contributed by atoms with E-state index >= 15 is 0 Å². The summed E-state index contributed by atoms with van der Waals surface area (Å²) in [6, 6.07) is 13.6. The fourth-order valence-corrected chi connectivity index (χ4v) is 2.57. The third-order valence-corrected chi connectivity index (χ3v) is 4.00. The second-order valence-electron chi connectivity index (χ2n) is 5.73. The van der Waals surface area contributed by atoms with Crippen LogP contribution in [0, 0.1) is 6.92 Å². The Hall–Kier alpha value is -2.82. The van der Waals surface area contributed by atoms with Crippen molar-refractivity contribution < 1.29 is 19.4 Å². The number of hydrogen-bond donors (Lipinski definition) is 1. The van der Waals surface area contributed by atoms with E-state index in [1.165, 1.54) is 12.1 Å². The molecule has 25 heavy (non-hydrogen) atoms. The van der Waals surface area contributed by atoms with E-state index in [1.807, 2.05) is 26.8 Å². The minimum absolute atomic E-state index is 0.0406. The molecule has 0 radical (unpaired) electrons. The van der Waals surface area contributed by atoms with Crippen molar-refractivity contribution in [2.45, 2.75) is 26.9 Å². The topological polar surface area (TPSA) is 66.8 Å². The smallest absolute Gasteiger partial charge is 0.343 e. The Balaban J connectivity index is 2.33. The molecule has 0 aromatic heterocycles. The second kappa shape index (κ2) is 8.33. The van der Waals surface area contributed by atoms with Crippen LogP contribution in [0.1, 0.15) is 41.4 Å². The molecule has 0 spiro atoms. The number of amides is 1. The third-order valence-electron chi connectivity index (χ3n) is 4.00. The van der Waals surface area contributed by atoms with Gasteiger partial charge in [0, 0.05) is 18.7 Å². The van der Waals surface area contributed by atoms with Crippen molar-refractivity contribution in [2.24, 2.45) is 0 Å². The van der Waals surface area contributed by atoms with Crippen LogP contribution in [0.4, 0.5) is 0 Å². The van der Waals surface area contributed by atoms with E-state index in [0.29, 0.717) is 18.7 Å². The summed E-state index contributed by atoms with van der Waals surface area (Å²) in [6.07, 6.45) is -1.05. The molecule has 132 valence electrons. The largest absolute Gasteiger partial charge is 0.507 e. The molecule has 1 atom stereocenters. The standard InChI is InChI=1S/C20H23NO4/c1-4-21(5-2)19(23)18(15-9-7-6-8-10-15)25-20(24)16-12-11-14(3)13-17(16)22/h6-13,18,22H,4-5H2,1-3H3/t18-/m0/s1. The van der Waals surface area contributed by atoms with Crippen molar-refractivity contribution in [1.82, 2.24) is 4.90 Å². The maximum atomic E-state index is 12.8. The van der Waals surface area contributed by atoms with Gasteiger partial charge in [-0.2, -0.15) is 0 Å². The average Bonchev–Trinajstić information content (AvgIpc) is 2.61. The minimum Gasteiger partial charge on any atom is -0.507 e. The molecule has 0 aliphatic rings. The Morgan fingerprint density at radius 1 is 1.08 bits per heavy atom. The van der Waals surface area contributed by atoms with Crippen LogP contribution in [0.2, 0.25) is 0 Å². The van der Waals surface area contributed by atoms with Crippen LogP contribution in [-0.4, -0.2) is 35.0 Å². The van der Waals surface area contributed by atoms with Gasteiger partial charge in [0.05, 0.1) is 0 Å². The number of esters is 1. The molecule has 0 bridgehead atoms. The number of rotatable bonds is 6. The number of likely N-dealkylation sites (N-methyl/N-ethyl adjacent to an activating group) is 1. The summed E-state index contributed by atoms with van der Waals surface area (Å²) < 4.78 is 5.50. The highest BCUT2D eigenvalue weighted by Crippen LogP contribution is 2.25. The number of carbonyl (C=O) groups is 2. The van der Waals surface area contributed by atoms with Gasteiger partial charge in [-0.3, -0.25) is 4.79 Å². The van der Waals surface area contributed by atoms with E-state index in [4.69, 9.17) is 4.74 Å². The molecule has 5 heteroatoms. The molecule has 0 aliphatic carbocycles. The SMILES string of the molecule is CCN(CC)C(=O)[C@@H](OC(=O)c1ccc(C)cc1O)c1ccccc1. The summed E-state index contributed by atoms with van der Waals surface area (Å²) in [5.41, 5.74) is 1.46. The zero-order chi connectivity index (χ0) is 18.4. The third kappa shape index (κ3) is 4.38. The Labute approximate surface area is 147 Å². The van der Waals surface area contributed by atoms with Gasteiger partial charge in [0.2, 0.25) is 6.10 Å². The molecule has 2 aromatic rings. The number of phenols is 1. The van der Waals surface area contributed by atoms with Gasteiger partial charge in [-0.05, 0) is 38.5 Å². The monoisotopic (exact) mass is 341 g/mol. The first-order valence-corrected chi connectivity index (χ1v) is 8.32. The number of benzene rings is 2. The molecule has 0 unspecified atom stereocenters. The number of hydrogen-bond acceptors (Lipinski definition) is 4. The first-order valence-electron chi connectivity index (χ1n) is 8.32. The van der Waals surface area contributed by atoms with Crippen LogP contribution in [0.5, 0.6) is 5.75 Å². The van der Waals surface area contributed by atoms with Gasteiger partial charge in [0.1, 0.15) is 11.3 Å². The fourth-order valence-electron chi connectivity index (χ4n) is 2.57. The number of phenolic OH excluding ortho intramolecular Hbond substituents is 1. The van der Waals surface area contributed by atoms with Crippen molar-refractivity contribution >= 4 is 11.9 Å². The van der Waals surface area contributed by atoms with Gasteiger partial charge in [0.15, 0.2) is 0 Å². The average molecular weight is 341 g/mol. The lowest BCUT2D eigenvalue weighted by molar-refractivity contribution is -0.140. The Morgan fingerprint density at radius 2 is 1.72 bits per heavy atom. The van der Waals surface area contributed by atoms with E-state index in [2.05, 4.69) is 0 Å². The predicted molar refractivity (Wildman–Crippen MR) is 95.4 cm³/mol. The molecule has 2 aromatic carbocycles. The summed E-state index contributed by atoms with van der Waals surface area (Å²) in [7, 11) is 0. The normalized spacial score (nSPS) is 11.6. The van der Waals surface area contributed by atoms with Gasteiger partial charge >= 0.3 is 5.97 Å². The Bertz CT molecular complexity index is 739. The molecular formula is C20H23NO4. The zero-order valence-corrected chi connectivity index (χ0v) is 14.7. The number of nitrogens with zero attached hydrogens (tertiary/aromatic N) is 1. The molecule has 2 rings (SSSR count). The zero-order valence-electron chi connectivity index (χ0n) is 14.7. The second-order valence-corrected chi connectivity index (χ2v) is 5.73. The predicted octanol–water partition coefficient (Wildman–Crippen LogP) is 3.47. The highest BCUT2D eigenvalue weighted by Gasteiger charge is 2.29.